The van der Waals surface area contributed by atoms with E-state index in [-0.39, 0.29) is 36.1 Å². The van der Waals surface area contributed by atoms with Crippen molar-refractivity contribution in [2.45, 2.75) is 31.2 Å². The lowest BCUT2D eigenvalue weighted by Crippen LogP contribution is -2.50. The molecular weight excluding hydrogens is 397 g/mol. The highest BCUT2D eigenvalue weighted by Gasteiger charge is 2.31. The van der Waals surface area contributed by atoms with Gasteiger partial charge in [0.1, 0.15) is 11.6 Å². The third-order valence-corrected chi connectivity index (χ3v) is 6.02. The fraction of sp³-hybridized carbons (Fsp3) is 0.435. The first-order chi connectivity index (χ1) is 15.1. The van der Waals surface area contributed by atoms with E-state index < -0.39 is 0 Å². The molecule has 2 N–H and O–H groups in total. The van der Waals surface area contributed by atoms with Gasteiger partial charge in [0.15, 0.2) is 0 Å². The van der Waals surface area contributed by atoms with Crippen LogP contribution in [-0.2, 0) is 4.79 Å². The highest BCUT2D eigenvalue weighted by molar-refractivity contribution is 5.78. The van der Waals surface area contributed by atoms with E-state index in [4.69, 9.17) is 0 Å². The Kier molecular flexibility index (Phi) is 6.64. The third-order valence-electron chi connectivity index (χ3n) is 6.02. The molecule has 2 heterocycles. The topological polar surface area (TPSA) is 77.6 Å². The Morgan fingerprint density at radius 2 is 1.87 bits per heavy atom. The molecule has 0 spiro atoms. The number of hydrogen-bond acceptors (Lipinski definition) is 4. The van der Waals surface area contributed by atoms with Crippen LogP contribution < -0.4 is 15.5 Å². The first-order valence-corrected chi connectivity index (χ1v) is 10.8. The number of anilines is 1. The molecule has 0 bridgehead atoms. The second-order valence-electron chi connectivity index (χ2n) is 8.13. The molecule has 1 aromatic heterocycles. The summed E-state index contributed by atoms with van der Waals surface area (Å²) in [5.41, 5.74) is 0.979. The number of rotatable bonds is 6. The fourth-order valence-corrected chi connectivity index (χ4v) is 4.17. The number of carbonyl (C=O) groups excluding carboxylic acids is 2. The minimum absolute atomic E-state index is 0.0517. The maximum atomic E-state index is 13.3. The van der Waals surface area contributed by atoms with Gasteiger partial charge in [0.05, 0.1) is 0 Å². The molecule has 0 unspecified atom stereocenters. The van der Waals surface area contributed by atoms with Crippen molar-refractivity contribution in [1.29, 1.82) is 0 Å². The Bertz CT molecular complexity index is 896. The molecule has 8 heteroatoms. The van der Waals surface area contributed by atoms with Crippen LogP contribution in [0.5, 0.6) is 0 Å². The molecular formula is C23H28FN5O2. The minimum Gasteiger partial charge on any atom is -0.353 e. The number of urea groups is 1. The number of amides is 3. The van der Waals surface area contributed by atoms with Crippen LogP contribution in [0.3, 0.4) is 0 Å². The second-order valence-corrected chi connectivity index (χ2v) is 8.13. The Labute approximate surface area is 181 Å². The summed E-state index contributed by atoms with van der Waals surface area (Å²) >= 11 is 0. The molecule has 0 atom stereocenters. The Morgan fingerprint density at radius 1 is 1.06 bits per heavy atom. The van der Waals surface area contributed by atoms with E-state index in [1.165, 1.54) is 6.07 Å². The number of nitrogens with zero attached hydrogens (tertiary/aromatic N) is 3. The summed E-state index contributed by atoms with van der Waals surface area (Å²) in [6.07, 6.45) is 3.66. The van der Waals surface area contributed by atoms with E-state index in [0.717, 1.165) is 37.3 Å². The predicted octanol–water partition coefficient (Wildman–Crippen LogP) is 2.50. The van der Waals surface area contributed by atoms with Crippen molar-refractivity contribution in [1.82, 2.24) is 20.5 Å². The lowest BCUT2D eigenvalue weighted by atomic mass is 9.76. The normalized spacial score (nSPS) is 20.7. The van der Waals surface area contributed by atoms with Crippen molar-refractivity contribution < 1.29 is 14.0 Å². The van der Waals surface area contributed by atoms with Crippen LogP contribution in [0.4, 0.5) is 15.0 Å². The molecule has 1 aliphatic heterocycles. The van der Waals surface area contributed by atoms with Crippen LogP contribution in [-0.4, -0.2) is 60.6 Å². The number of hydrogen-bond donors (Lipinski definition) is 2. The standard InChI is InChI=1S/C23H28FN5O2/c24-19-5-3-4-17(14-19)18-15-20(16-18)27-23(31)26-9-7-22(30)29-12-10-28(11-13-29)21-6-1-2-8-25-21/h1-6,8,14,18,20H,7,9-13,15-16H2,(H2,26,27,31). The van der Waals surface area contributed by atoms with Gasteiger partial charge in [-0.25, -0.2) is 14.2 Å². The molecule has 31 heavy (non-hydrogen) atoms. The van der Waals surface area contributed by atoms with Crippen molar-refractivity contribution in [2.24, 2.45) is 0 Å². The molecule has 1 saturated heterocycles. The van der Waals surface area contributed by atoms with Gasteiger partial charge in [-0.3, -0.25) is 4.79 Å². The highest BCUT2D eigenvalue weighted by Crippen LogP contribution is 2.36. The number of halogens is 1. The Hall–Kier alpha value is -3.16. The number of piperazine rings is 1. The molecule has 3 amide bonds. The van der Waals surface area contributed by atoms with Crippen LogP contribution in [0.25, 0.3) is 0 Å². The zero-order valence-corrected chi connectivity index (χ0v) is 17.5. The van der Waals surface area contributed by atoms with Crippen LogP contribution in [0.1, 0.15) is 30.7 Å². The number of benzene rings is 1. The van der Waals surface area contributed by atoms with E-state index >= 15 is 0 Å². The lowest BCUT2D eigenvalue weighted by molar-refractivity contribution is -0.131. The summed E-state index contributed by atoms with van der Waals surface area (Å²) in [6, 6.07) is 12.3. The molecule has 2 fully saturated rings. The first kappa shape index (κ1) is 21.1. The SMILES string of the molecule is O=C(NCCC(=O)N1CCN(c2ccccn2)CC1)NC1CC(c2cccc(F)c2)C1. The van der Waals surface area contributed by atoms with Crippen molar-refractivity contribution >= 4 is 17.8 Å². The van der Waals surface area contributed by atoms with E-state index in [9.17, 15) is 14.0 Å². The zero-order chi connectivity index (χ0) is 21.6. The maximum Gasteiger partial charge on any atom is 0.315 e. The molecule has 2 aliphatic rings. The molecule has 1 aromatic carbocycles. The van der Waals surface area contributed by atoms with Crippen molar-refractivity contribution in [2.75, 3.05) is 37.6 Å². The summed E-state index contributed by atoms with van der Waals surface area (Å²) in [4.78, 5) is 32.9. The van der Waals surface area contributed by atoms with Crippen LogP contribution >= 0.6 is 0 Å². The fourth-order valence-electron chi connectivity index (χ4n) is 4.17. The molecule has 164 valence electrons. The number of pyridine rings is 1. The first-order valence-electron chi connectivity index (χ1n) is 10.8. The summed E-state index contributed by atoms with van der Waals surface area (Å²) in [6.45, 7) is 3.14. The Balaban J connectivity index is 1.10. The smallest absolute Gasteiger partial charge is 0.315 e. The Morgan fingerprint density at radius 3 is 2.58 bits per heavy atom. The number of carbonyl (C=O) groups is 2. The predicted molar refractivity (Wildman–Crippen MR) is 116 cm³/mol. The number of nitrogens with one attached hydrogen (secondary N) is 2. The maximum absolute atomic E-state index is 13.3. The molecule has 4 rings (SSSR count). The van der Waals surface area contributed by atoms with E-state index in [1.54, 1.807) is 18.3 Å². The van der Waals surface area contributed by atoms with E-state index in [2.05, 4.69) is 20.5 Å². The van der Waals surface area contributed by atoms with Crippen molar-refractivity contribution in [3.63, 3.8) is 0 Å². The third kappa shape index (κ3) is 5.51. The molecule has 1 saturated carbocycles. The van der Waals surface area contributed by atoms with Gasteiger partial charge in [-0.15, -0.1) is 0 Å². The van der Waals surface area contributed by atoms with Crippen molar-refractivity contribution in [3.8, 4) is 0 Å². The van der Waals surface area contributed by atoms with Gasteiger partial charge >= 0.3 is 6.03 Å². The van der Waals surface area contributed by atoms with Gasteiger partial charge in [0.2, 0.25) is 5.91 Å². The summed E-state index contributed by atoms with van der Waals surface area (Å²) in [5, 5.41) is 5.70. The van der Waals surface area contributed by atoms with Crippen LogP contribution in [0.2, 0.25) is 0 Å². The van der Waals surface area contributed by atoms with Crippen LogP contribution in [0.15, 0.2) is 48.7 Å². The van der Waals surface area contributed by atoms with Gasteiger partial charge in [-0.1, -0.05) is 18.2 Å². The average molecular weight is 426 g/mol. The zero-order valence-electron chi connectivity index (χ0n) is 17.5. The monoisotopic (exact) mass is 425 g/mol. The molecule has 7 nitrogen and oxygen atoms in total. The van der Waals surface area contributed by atoms with E-state index in [1.807, 2.05) is 29.2 Å². The average Bonchev–Trinajstić information content (AvgIpc) is 2.76. The van der Waals surface area contributed by atoms with Gasteiger partial charge in [0, 0.05) is 51.4 Å². The summed E-state index contributed by atoms with van der Waals surface area (Å²) < 4.78 is 13.3. The summed E-state index contributed by atoms with van der Waals surface area (Å²) in [5.74, 6) is 1.04. The largest absolute Gasteiger partial charge is 0.353 e. The molecule has 1 aliphatic carbocycles. The van der Waals surface area contributed by atoms with Gasteiger partial charge in [-0.05, 0) is 48.6 Å². The van der Waals surface area contributed by atoms with Gasteiger partial charge < -0.3 is 20.4 Å². The van der Waals surface area contributed by atoms with E-state index in [0.29, 0.717) is 19.6 Å². The molecule has 2 aromatic rings. The quantitative estimate of drug-likeness (QED) is 0.746. The second kappa shape index (κ2) is 9.76. The van der Waals surface area contributed by atoms with Gasteiger partial charge in [0.25, 0.3) is 0 Å². The molecule has 0 radical (unpaired) electrons. The number of aromatic nitrogens is 1. The van der Waals surface area contributed by atoms with Crippen LogP contribution in [0, 0.1) is 5.82 Å². The van der Waals surface area contributed by atoms with Crippen molar-refractivity contribution in [3.05, 3.63) is 60.0 Å². The van der Waals surface area contributed by atoms with Gasteiger partial charge in [-0.2, -0.15) is 0 Å². The summed E-state index contributed by atoms with van der Waals surface area (Å²) in [7, 11) is 0. The minimum atomic E-state index is -0.254. The lowest BCUT2D eigenvalue weighted by Gasteiger charge is -2.36. The highest BCUT2D eigenvalue weighted by atomic mass is 19.1.